The highest BCUT2D eigenvalue weighted by atomic mass is 35.5. The third kappa shape index (κ3) is 2.47. The van der Waals surface area contributed by atoms with Crippen molar-refractivity contribution in [2.45, 2.75) is 6.54 Å². The normalized spacial score (nSPS) is 10.1. The maximum Gasteiger partial charge on any atom is 0.0765 e. The van der Waals surface area contributed by atoms with Crippen LogP contribution in [0.4, 0.5) is 11.4 Å². The van der Waals surface area contributed by atoms with E-state index in [0.29, 0.717) is 10.7 Å². The van der Waals surface area contributed by atoms with Gasteiger partial charge in [0.1, 0.15) is 0 Å². The summed E-state index contributed by atoms with van der Waals surface area (Å²) in [7, 11) is 0. The van der Waals surface area contributed by atoms with Crippen LogP contribution < -0.4 is 11.1 Å². The topological polar surface area (TPSA) is 38.0 Å². The molecule has 0 atom stereocenters. The molecule has 0 saturated heterocycles. The van der Waals surface area contributed by atoms with E-state index < -0.39 is 0 Å². The fourth-order valence-electron chi connectivity index (χ4n) is 1.51. The first-order valence-electron chi connectivity index (χ1n) is 5.09. The van der Waals surface area contributed by atoms with Crippen molar-refractivity contribution in [1.82, 2.24) is 0 Å². The third-order valence-corrected chi connectivity index (χ3v) is 2.67. The van der Waals surface area contributed by atoms with Crippen molar-refractivity contribution in [3.05, 3.63) is 59.1 Å². The van der Waals surface area contributed by atoms with Crippen LogP contribution in [0.5, 0.6) is 0 Å². The maximum absolute atomic E-state index is 6.05. The van der Waals surface area contributed by atoms with Crippen LogP contribution in [0, 0.1) is 0 Å². The number of nitrogen functional groups attached to an aromatic ring is 1. The van der Waals surface area contributed by atoms with E-state index in [1.54, 1.807) is 0 Å². The molecule has 0 bridgehead atoms. The summed E-state index contributed by atoms with van der Waals surface area (Å²) in [5.41, 5.74) is 8.50. The van der Waals surface area contributed by atoms with E-state index in [-0.39, 0.29) is 0 Å². The standard InChI is InChI=1S/C13H13ClN2/c14-11-7-4-8-12(15)13(11)16-9-10-5-2-1-3-6-10/h1-8,16H,9,15H2. The van der Waals surface area contributed by atoms with E-state index in [1.165, 1.54) is 5.56 Å². The SMILES string of the molecule is Nc1cccc(Cl)c1NCc1ccccc1. The predicted octanol–water partition coefficient (Wildman–Crippen LogP) is 3.53. The van der Waals surface area contributed by atoms with E-state index in [2.05, 4.69) is 17.4 Å². The van der Waals surface area contributed by atoms with Gasteiger partial charge >= 0.3 is 0 Å². The summed E-state index contributed by atoms with van der Waals surface area (Å²) in [6.07, 6.45) is 0. The smallest absolute Gasteiger partial charge is 0.0765 e. The Bertz CT molecular complexity index is 448. The zero-order valence-electron chi connectivity index (χ0n) is 8.78. The van der Waals surface area contributed by atoms with Gasteiger partial charge in [-0.1, -0.05) is 48.0 Å². The van der Waals surface area contributed by atoms with E-state index in [4.69, 9.17) is 17.3 Å². The lowest BCUT2D eigenvalue weighted by Crippen LogP contribution is -2.02. The fraction of sp³-hybridized carbons (Fsp3) is 0.0769. The number of nitrogens with two attached hydrogens (primary N) is 1. The molecule has 82 valence electrons. The van der Waals surface area contributed by atoms with Gasteiger partial charge in [0, 0.05) is 6.54 Å². The number of benzene rings is 2. The molecule has 0 fully saturated rings. The van der Waals surface area contributed by atoms with Gasteiger partial charge in [0.25, 0.3) is 0 Å². The molecular weight excluding hydrogens is 220 g/mol. The fourth-order valence-corrected chi connectivity index (χ4v) is 1.76. The van der Waals surface area contributed by atoms with Gasteiger partial charge in [-0.2, -0.15) is 0 Å². The molecule has 0 heterocycles. The van der Waals surface area contributed by atoms with E-state index in [1.807, 2.05) is 36.4 Å². The number of rotatable bonds is 3. The van der Waals surface area contributed by atoms with Gasteiger partial charge in [-0.05, 0) is 17.7 Å². The minimum Gasteiger partial charge on any atom is -0.397 e. The number of halogens is 1. The summed E-state index contributed by atoms with van der Waals surface area (Å²) in [5.74, 6) is 0. The largest absolute Gasteiger partial charge is 0.397 e. The van der Waals surface area contributed by atoms with Crippen molar-refractivity contribution in [2.24, 2.45) is 0 Å². The van der Waals surface area contributed by atoms with E-state index in [0.717, 1.165) is 12.2 Å². The lowest BCUT2D eigenvalue weighted by atomic mass is 10.2. The lowest BCUT2D eigenvalue weighted by molar-refractivity contribution is 1.15. The van der Waals surface area contributed by atoms with Crippen molar-refractivity contribution in [3.63, 3.8) is 0 Å². The highest BCUT2D eigenvalue weighted by molar-refractivity contribution is 6.33. The average Bonchev–Trinajstić information content (AvgIpc) is 2.30. The molecular formula is C13H13ClN2. The molecule has 2 nitrogen and oxygen atoms in total. The van der Waals surface area contributed by atoms with Gasteiger partial charge in [0.2, 0.25) is 0 Å². The summed E-state index contributed by atoms with van der Waals surface area (Å²) in [6.45, 7) is 0.717. The van der Waals surface area contributed by atoms with Crippen LogP contribution in [-0.2, 0) is 6.54 Å². The molecule has 0 aliphatic heterocycles. The molecule has 0 amide bonds. The van der Waals surface area contributed by atoms with Crippen LogP contribution in [-0.4, -0.2) is 0 Å². The van der Waals surface area contributed by atoms with Gasteiger partial charge < -0.3 is 11.1 Å². The number of anilines is 2. The van der Waals surface area contributed by atoms with Gasteiger partial charge in [-0.3, -0.25) is 0 Å². The molecule has 2 aromatic rings. The first-order valence-corrected chi connectivity index (χ1v) is 5.47. The minimum atomic E-state index is 0.649. The summed E-state index contributed by atoms with van der Waals surface area (Å²) >= 11 is 6.05. The number of hydrogen-bond acceptors (Lipinski definition) is 2. The second-order valence-corrected chi connectivity index (χ2v) is 3.95. The second kappa shape index (κ2) is 4.90. The van der Waals surface area contributed by atoms with Crippen molar-refractivity contribution in [3.8, 4) is 0 Å². The molecule has 2 aromatic carbocycles. The van der Waals surface area contributed by atoms with Gasteiger partial charge in [-0.15, -0.1) is 0 Å². The summed E-state index contributed by atoms with van der Waals surface area (Å²) in [6, 6.07) is 15.6. The second-order valence-electron chi connectivity index (χ2n) is 3.54. The molecule has 0 aromatic heterocycles. The molecule has 0 saturated carbocycles. The van der Waals surface area contributed by atoms with E-state index in [9.17, 15) is 0 Å². The highest BCUT2D eigenvalue weighted by Gasteiger charge is 2.03. The molecule has 0 radical (unpaired) electrons. The lowest BCUT2D eigenvalue weighted by Gasteiger charge is -2.10. The predicted molar refractivity (Wildman–Crippen MR) is 69.6 cm³/mol. The monoisotopic (exact) mass is 232 g/mol. The molecule has 0 spiro atoms. The number of para-hydroxylation sites is 1. The Kier molecular flexibility index (Phi) is 3.32. The zero-order chi connectivity index (χ0) is 11.4. The minimum absolute atomic E-state index is 0.649. The van der Waals surface area contributed by atoms with Gasteiger partial charge in [-0.25, -0.2) is 0 Å². The Morgan fingerprint density at radius 1 is 1.00 bits per heavy atom. The highest BCUT2D eigenvalue weighted by Crippen LogP contribution is 2.28. The van der Waals surface area contributed by atoms with Gasteiger partial charge in [0.15, 0.2) is 0 Å². The Balaban J connectivity index is 2.11. The molecule has 0 aliphatic rings. The average molecular weight is 233 g/mol. The first-order chi connectivity index (χ1) is 7.77. The van der Waals surface area contributed by atoms with E-state index >= 15 is 0 Å². The zero-order valence-corrected chi connectivity index (χ0v) is 9.54. The summed E-state index contributed by atoms with van der Waals surface area (Å²) in [4.78, 5) is 0. The van der Waals surface area contributed by atoms with Crippen LogP contribution >= 0.6 is 11.6 Å². The number of nitrogens with one attached hydrogen (secondary N) is 1. The van der Waals surface area contributed by atoms with Crippen LogP contribution in [0.25, 0.3) is 0 Å². The Hall–Kier alpha value is -1.67. The molecule has 3 N–H and O–H groups in total. The number of hydrogen-bond donors (Lipinski definition) is 2. The summed E-state index contributed by atoms with van der Waals surface area (Å²) < 4.78 is 0. The Morgan fingerprint density at radius 2 is 1.75 bits per heavy atom. The van der Waals surface area contributed by atoms with Crippen LogP contribution in [0.2, 0.25) is 5.02 Å². The first kappa shape index (κ1) is 10.8. The van der Waals surface area contributed by atoms with Crippen LogP contribution in [0.1, 0.15) is 5.56 Å². The van der Waals surface area contributed by atoms with Crippen molar-refractivity contribution in [1.29, 1.82) is 0 Å². The van der Waals surface area contributed by atoms with Crippen molar-refractivity contribution < 1.29 is 0 Å². The van der Waals surface area contributed by atoms with Crippen molar-refractivity contribution in [2.75, 3.05) is 11.1 Å². The summed E-state index contributed by atoms with van der Waals surface area (Å²) in [5, 5.41) is 3.89. The Morgan fingerprint density at radius 3 is 2.44 bits per heavy atom. The molecule has 0 aliphatic carbocycles. The molecule has 2 rings (SSSR count). The van der Waals surface area contributed by atoms with Crippen LogP contribution in [0.15, 0.2) is 48.5 Å². The molecule has 0 unspecified atom stereocenters. The van der Waals surface area contributed by atoms with Gasteiger partial charge in [0.05, 0.1) is 16.4 Å². The molecule has 16 heavy (non-hydrogen) atoms. The third-order valence-electron chi connectivity index (χ3n) is 2.36. The van der Waals surface area contributed by atoms with Crippen LogP contribution in [0.3, 0.4) is 0 Å². The van der Waals surface area contributed by atoms with Crippen molar-refractivity contribution >= 4 is 23.0 Å². The Labute approximate surface area is 100 Å². The molecule has 3 heteroatoms. The quantitative estimate of drug-likeness (QED) is 0.795. The maximum atomic E-state index is 6.05.